The molecule has 24 heavy (non-hydrogen) atoms. The highest BCUT2D eigenvalue weighted by Crippen LogP contribution is 2.18. The Morgan fingerprint density at radius 3 is 2.42 bits per heavy atom. The van der Waals surface area contributed by atoms with Gasteiger partial charge in [-0.05, 0) is 32.8 Å². The van der Waals surface area contributed by atoms with E-state index in [1.165, 1.54) is 0 Å². The van der Waals surface area contributed by atoms with Crippen LogP contribution in [0.5, 0.6) is 0 Å². The van der Waals surface area contributed by atoms with Crippen LogP contribution in [-0.2, 0) is 20.9 Å². The minimum atomic E-state index is -0.914. The van der Waals surface area contributed by atoms with Crippen molar-refractivity contribution in [2.24, 2.45) is 0 Å². The molecule has 0 saturated carbocycles. The van der Waals surface area contributed by atoms with Gasteiger partial charge in [-0.15, -0.1) is 0 Å². The molecular weight excluding hydrogens is 312 g/mol. The largest absolute Gasteiger partial charge is 0.444 e. The van der Waals surface area contributed by atoms with Gasteiger partial charge >= 0.3 is 12.2 Å². The van der Waals surface area contributed by atoms with Crippen molar-refractivity contribution in [2.45, 2.75) is 45.4 Å². The normalized spacial score (nSPS) is 17.1. The number of amides is 3. The van der Waals surface area contributed by atoms with Crippen molar-refractivity contribution >= 4 is 18.1 Å². The van der Waals surface area contributed by atoms with Gasteiger partial charge in [0.15, 0.2) is 0 Å². The van der Waals surface area contributed by atoms with Crippen molar-refractivity contribution < 1.29 is 23.9 Å². The molecule has 1 aromatic carbocycles. The van der Waals surface area contributed by atoms with Gasteiger partial charge in [0.05, 0.1) is 0 Å². The highest BCUT2D eigenvalue weighted by atomic mass is 16.6. The fraction of sp³-hybridized carbons (Fsp3) is 0.471. The Bertz CT molecular complexity index is 609. The molecule has 0 unspecified atom stereocenters. The van der Waals surface area contributed by atoms with Gasteiger partial charge in [-0.25, -0.2) is 9.59 Å². The maximum Gasteiger partial charge on any atom is 0.420 e. The summed E-state index contributed by atoms with van der Waals surface area (Å²) in [5, 5.41) is 2.60. The molecule has 2 rings (SSSR count). The summed E-state index contributed by atoms with van der Waals surface area (Å²) in [5.41, 5.74) is -0.00437. The number of rotatable bonds is 3. The van der Waals surface area contributed by atoms with E-state index in [1.807, 2.05) is 18.2 Å². The van der Waals surface area contributed by atoms with E-state index in [-0.39, 0.29) is 6.61 Å². The molecule has 0 aromatic heterocycles. The molecule has 7 heteroatoms. The molecule has 7 nitrogen and oxygen atoms in total. The summed E-state index contributed by atoms with van der Waals surface area (Å²) < 4.78 is 10.4. The van der Waals surface area contributed by atoms with E-state index in [0.717, 1.165) is 10.5 Å². The van der Waals surface area contributed by atoms with E-state index in [2.05, 4.69) is 5.32 Å². The van der Waals surface area contributed by atoms with Gasteiger partial charge in [0.1, 0.15) is 18.2 Å². The third kappa shape index (κ3) is 4.71. The Morgan fingerprint density at radius 2 is 1.88 bits per heavy atom. The molecule has 3 amide bonds. The number of nitrogens with zero attached hydrogens (tertiary/aromatic N) is 1. The highest BCUT2D eigenvalue weighted by molar-refractivity contribution is 5.96. The van der Waals surface area contributed by atoms with Gasteiger partial charge < -0.3 is 14.8 Å². The van der Waals surface area contributed by atoms with E-state index in [9.17, 15) is 14.4 Å². The highest BCUT2D eigenvalue weighted by Gasteiger charge is 2.41. The lowest BCUT2D eigenvalue weighted by Crippen LogP contribution is -2.50. The topological polar surface area (TPSA) is 84.9 Å². The number of hydrogen-bond donors (Lipinski definition) is 1. The molecule has 130 valence electrons. The van der Waals surface area contributed by atoms with Crippen LogP contribution in [0.4, 0.5) is 9.59 Å². The number of imide groups is 1. The summed E-state index contributed by atoms with van der Waals surface area (Å²) in [6.07, 6.45) is -1.45. The molecule has 1 aromatic rings. The molecule has 0 spiro atoms. The third-order valence-electron chi connectivity index (χ3n) is 3.32. The standard InChI is InChI=1S/C17H22N2O5/c1-17(2,3)24-16(22)19(13-9-10-18-14(13)20)15(21)23-11-12-7-5-4-6-8-12/h4-8,13H,9-11H2,1-3H3,(H,18,20)/t13-/m1/s1. The Kier molecular flexibility index (Phi) is 5.43. The van der Waals surface area contributed by atoms with Gasteiger partial charge in [-0.3, -0.25) is 4.79 Å². The first-order chi connectivity index (χ1) is 11.3. The minimum absolute atomic E-state index is 0.00725. The molecular formula is C17H22N2O5. The Morgan fingerprint density at radius 1 is 1.21 bits per heavy atom. The fourth-order valence-electron chi connectivity index (χ4n) is 2.26. The zero-order valence-corrected chi connectivity index (χ0v) is 14.1. The minimum Gasteiger partial charge on any atom is -0.444 e. The summed E-state index contributed by atoms with van der Waals surface area (Å²) >= 11 is 0. The predicted octanol–water partition coefficient (Wildman–Crippen LogP) is 2.45. The van der Waals surface area contributed by atoms with Crippen molar-refractivity contribution in [3.8, 4) is 0 Å². The maximum atomic E-state index is 12.4. The van der Waals surface area contributed by atoms with Crippen LogP contribution in [0, 0.1) is 0 Å². The first kappa shape index (κ1) is 17.8. The second kappa shape index (κ2) is 7.33. The summed E-state index contributed by atoms with van der Waals surface area (Å²) in [7, 11) is 0. The Hall–Kier alpha value is -2.57. The fourth-order valence-corrected chi connectivity index (χ4v) is 2.26. The van der Waals surface area contributed by atoms with E-state index < -0.39 is 29.7 Å². The first-order valence-electron chi connectivity index (χ1n) is 7.78. The maximum absolute atomic E-state index is 12.4. The molecule has 0 radical (unpaired) electrons. The molecule has 1 N–H and O–H groups in total. The van der Waals surface area contributed by atoms with Crippen LogP contribution < -0.4 is 5.32 Å². The molecule has 1 aliphatic rings. The number of carbonyl (C=O) groups is 3. The zero-order valence-electron chi connectivity index (χ0n) is 14.1. The number of ether oxygens (including phenoxy) is 2. The molecule has 1 aliphatic heterocycles. The van der Waals surface area contributed by atoms with Crippen LogP contribution >= 0.6 is 0 Å². The number of hydrogen-bond acceptors (Lipinski definition) is 5. The van der Waals surface area contributed by atoms with Crippen molar-refractivity contribution in [1.29, 1.82) is 0 Å². The molecule has 1 heterocycles. The summed E-state index contributed by atoms with van der Waals surface area (Å²) in [6.45, 7) is 5.47. The van der Waals surface area contributed by atoms with Gasteiger partial charge in [0.2, 0.25) is 5.91 Å². The summed E-state index contributed by atoms with van der Waals surface area (Å²) in [6, 6.07) is 8.17. The summed E-state index contributed by atoms with van der Waals surface area (Å²) in [5.74, 6) is -0.391. The van der Waals surface area contributed by atoms with Gasteiger partial charge in [0, 0.05) is 6.54 Å². The van der Waals surface area contributed by atoms with E-state index in [4.69, 9.17) is 9.47 Å². The number of benzene rings is 1. The first-order valence-corrected chi connectivity index (χ1v) is 7.78. The van der Waals surface area contributed by atoms with Crippen LogP contribution in [-0.4, -0.2) is 41.2 Å². The van der Waals surface area contributed by atoms with Crippen molar-refractivity contribution in [3.63, 3.8) is 0 Å². The molecule has 1 saturated heterocycles. The van der Waals surface area contributed by atoms with E-state index in [0.29, 0.717) is 13.0 Å². The molecule has 0 aliphatic carbocycles. The van der Waals surface area contributed by atoms with Gasteiger partial charge in [-0.1, -0.05) is 30.3 Å². The van der Waals surface area contributed by atoms with Crippen molar-refractivity contribution in [3.05, 3.63) is 35.9 Å². The Labute approximate surface area is 140 Å². The molecule has 1 atom stereocenters. The van der Waals surface area contributed by atoms with Crippen LogP contribution in [0.25, 0.3) is 0 Å². The van der Waals surface area contributed by atoms with Crippen LogP contribution in [0.3, 0.4) is 0 Å². The second-order valence-corrected chi connectivity index (χ2v) is 6.49. The predicted molar refractivity (Wildman–Crippen MR) is 86.1 cm³/mol. The molecule has 1 fully saturated rings. The van der Waals surface area contributed by atoms with Crippen molar-refractivity contribution in [2.75, 3.05) is 6.54 Å². The lowest BCUT2D eigenvalue weighted by Gasteiger charge is -2.28. The van der Waals surface area contributed by atoms with Crippen LogP contribution in [0.1, 0.15) is 32.8 Å². The monoisotopic (exact) mass is 334 g/mol. The smallest absolute Gasteiger partial charge is 0.420 e. The van der Waals surface area contributed by atoms with Crippen LogP contribution in [0.2, 0.25) is 0 Å². The van der Waals surface area contributed by atoms with Crippen molar-refractivity contribution in [1.82, 2.24) is 10.2 Å². The number of nitrogens with one attached hydrogen (secondary N) is 1. The van der Waals surface area contributed by atoms with Gasteiger partial charge in [-0.2, -0.15) is 4.90 Å². The third-order valence-corrected chi connectivity index (χ3v) is 3.32. The second-order valence-electron chi connectivity index (χ2n) is 6.49. The number of carbonyl (C=O) groups excluding carboxylic acids is 3. The average molecular weight is 334 g/mol. The van der Waals surface area contributed by atoms with Crippen LogP contribution in [0.15, 0.2) is 30.3 Å². The lowest BCUT2D eigenvalue weighted by molar-refractivity contribution is -0.123. The van der Waals surface area contributed by atoms with Gasteiger partial charge in [0.25, 0.3) is 0 Å². The van der Waals surface area contributed by atoms with E-state index in [1.54, 1.807) is 32.9 Å². The quantitative estimate of drug-likeness (QED) is 0.918. The van der Waals surface area contributed by atoms with E-state index >= 15 is 0 Å². The zero-order chi connectivity index (χ0) is 17.7. The lowest BCUT2D eigenvalue weighted by atomic mass is 10.2. The molecule has 0 bridgehead atoms. The Balaban J connectivity index is 2.10. The summed E-state index contributed by atoms with van der Waals surface area (Å²) in [4.78, 5) is 37.4. The SMILES string of the molecule is CC(C)(C)OC(=O)N(C(=O)OCc1ccccc1)[C@@H]1CCNC1=O. The average Bonchev–Trinajstić information content (AvgIpc) is 2.91.